The Balaban J connectivity index is 1.86. The normalized spacial score (nSPS) is 11.9. The van der Waals surface area contributed by atoms with Gasteiger partial charge in [0.25, 0.3) is 0 Å². The minimum Gasteiger partial charge on any atom is -0.454 e. The molecule has 0 aliphatic rings. The predicted octanol–water partition coefficient (Wildman–Crippen LogP) is 4.40. The second-order valence-corrected chi connectivity index (χ2v) is 7.39. The average molecular weight is 437 g/mol. The van der Waals surface area contributed by atoms with Gasteiger partial charge in [-0.3, -0.25) is 0 Å². The fraction of sp³-hybridized carbons (Fsp3) is 0.409. The van der Waals surface area contributed by atoms with Gasteiger partial charge in [-0.2, -0.15) is 0 Å². The van der Waals surface area contributed by atoms with E-state index in [2.05, 4.69) is 5.32 Å². The molecule has 2 aromatic carbocycles. The number of benzene rings is 2. The third kappa shape index (κ3) is 8.20. The van der Waals surface area contributed by atoms with Crippen LogP contribution < -0.4 is 10.1 Å². The Labute approximate surface area is 182 Å². The highest BCUT2D eigenvalue weighted by molar-refractivity contribution is 6.32. The van der Waals surface area contributed by atoms with E-state index in [9.17, 15) is 9.90 Å². The number of hydrogen-bond donors (Lipinski definition) is 2. The van der Waals surface area contributed by atoms with E-state index in [0.29, 0.717) is 35.4 Å². The number of halogens is 1. The number of anilines is 1. The molecule has 0 aromatic heterocycles. The van der Waals surface area contributed by atoms with Gasteiger partial charge < -0.3 is 29.5 Å². The van der Waals surface area contributed by atoms with Crippen LogP contribution in [0.1, 0.15) is 13.8 Å². The summed E-state index contributed by atoms with van der Waals surface area (Å²) in [7, 11) is 1.60. The number of nitrogens with one attached hydrogen (secondary N) is 1. The topological polar surface area (TPSA) is 80.3 Å². The molecule has 0 saturated heterocycles. The van der Waals surface area contributed by atoms with Crippen molar-refractivity contribution in [2.75, 3.05) is 38.7 Å². The average Bonchev–Trinajstić information content (AvgIpc) is 2.70. The molecule has 2 aromatic rings. The van der Waals surface area contributed by atoms with Crippen molar-refractivity contribution in [2.24, 2.45) is 0 Å². The van der Waals surface area contributed by atoms with E-state index < -0.39 is 6.10 Å². The highest BCUT2D eigenvalue weighted by atomic mass is 35.5. The van der Waals surface area contributed by atoms with Gasteiger partial charge in [0.2, 0.25) is 0 Å². The number of para-hydroxylation sites is 3. The first-order valence-electron chi connectivity index (χ1n) is 9.77. The summed E-state index contributed by atoms with van der Waals surface area (Å²) in [6.07, 6.45) is -0.674. The van der Waals surface area contributed by atoms with Crippen LogP contribution in [-0.2, 0) is 9.47 Å². The number of urea groups is 1. The Morgan fingerprint density at radius 1 is 1.10 bits per heavy atom. The number of aliphatic hydroxyl groups is 1. The lowest BCUT2D eigenvalue weighted by molar-refractivity contribution is -0.0144. The summed E-state index contributed by atoms with van der Waals surface area (Å²) in [5.41, 5.74) is 0.492. The van der Waals surface area contributed by atoms with Crippen molar-refractivity contribution in [1.82, 2.24) is 4.90 Å². The minimum atomic E-state index is -0.811. The second-order valence-electron chi connectivity index (χ2n) is 6.99. The molecule has 1 unspecified atom stereocenters. The molecule has 2 rings (SSSR count). The lowest BCUT2D eigenvalue weighted by Crippen LogP contribution is -2.39. The zero-order valence-electron chi connectivity index (χ0n) is 17.5. The third-order valence-electron chi connectivity index (χ3n) is 4.01. The van der Waals surface area contributed by atoms with Crippen LogP contribution in [0.4, 0.5) is 10.5 Å². The standard InChI is InChI=1S/C22H29ClN2O5/c1-16(2)29-13-12-28-15-17(26)14-25(3)22(27)24-19-9-5-7-11-21(19)30-20-10-6-4-8-18(20)23/h4-11,16-17,26H,12-15H2,1-3H3,(H,24,27). The first-order valence-corrected chi connectivity index (χ1v) is 10.2. The molecular formula is C22H29ClN2O5. The highest BCUT2D eigenvalue weighted by Crippen LogP contribution is 2.33. The monoisotopic (exact) mass is 436 g/mol. The molecule has 0 bridgehead atoms. The van der Waals surface area contributed by atoms with Crippen LogP contribution >= 0.6 is 11.6 Å². The van der Waals surface area contributed by atoms with Crippen LogP contribution in [0, 0.1) is 0 Å². The zero-order valence-corrected chi connectivity index (χ0v) is 18.3. The molecule has 7 nitrogen and oxygen atoms in total. The van der Waals surface area contributed by atoms with E-state index in [1.165, 1.54) is 4.90 Å². The van der Waals surface area contributed by atoms with Gasteiger partial charge in [-0.05, 0) is 38.1 Å². The Hall–Kier alpha value is -2.32. The number of ether oxygens (including phenoxy) is 3. The summed E-state index contributed by atoms with van der Waals surface area (Å²) in [5.74, 6) is 0.949. The lowest BCUT2D eigenvalue weighted by Gasteiger charge is -2.22. The number of amides is 2. The Bertz CT molecular complexity index is 803. The second kappa shape index (κ2) is 12.4. The van der Waals surface area contributed by atoms with Gasteiger partial charge in [0.05, 0.1) is 49.3 Å². The molecule has 0 aliphatic carbocycles. The molecule has 164 valence electrons. The number of hydrogen-bond acceptors (Lipinski definition) is 5. The molecule has 0 spiro atoms. The van der Waals surface area contributed by atoms with E-state index >= 15 is 0 Å². The van der Waals surface area contributed by atoms with Crippen LogP contribution in [0.2, 0.25) is 5.02 Å². The van der Waals surface area contributed by atoms with Crippen LogP contribution in [0.15, 0.2) is 48.5 Å². The van der Waals surface area contributed by atoms with Crippen LogP contribution in [-0.4, -0.2) is 61.7 Å². The van der Waals surface area contributed by atoms with Crippen molar-refractivity contribution in [3.05, 3.63) is 53.6 Å². The van der Waals surface area contributed by atoms with E-state index in [1.807, 2.05) is 26.0 Å². The largest absolute Gasteiger partial charge is 0.454 e. The SMILES string of the molecule is CC(C)OCCOCC(O)CN(C)C(=O)Nc1ccccc1Oc1ccccc1Cl. The molecule has 0 heterocycles. The zero-order chi connectivity index (χ0) is 21.9. The number of carbonyl (C=O) groups excluding carboxylic acids is 1. The molecule has 2 N–H and O–H groups in total. The molecule has 30 heavy (non-hydrogen) atoms. The van der Waals surface area contributed by atoms with Crippen molar-refractivity contribution in [3.63, 3.8) is 0 Å². The van der Waals surface area contributed by atoms with Gasteiger partial charge in [-0.25, -0.2) is 4.79 Å². The number of nitrogens with zero attached hydrogens (tertiary/aromatic N) is 1. The number of aliphatic hydroxyl groups excluding tert-OH is 1. The maximum absolute atomic E-state index is 12.5. The predicted molar refractivity (Wildman–Crippen MR) is 118 cm³/mol. The Morgan fingerprint density at radius 3 is 2.47 bits per heavy atom. The molecule has 1 atom stereocenters. The molecule has 0 aliphatic heterocycles. The van der Waals surface area contributed by atoms with E-state index in [0.717, 1.165) is 0 Å². The highest BCUT2D eigenvalue weighted by Gasteiger charge is 2.16. The molecule has 0 saturated carbocycles. The summed E-state index contributed by atoms with van der Waals surface area (Å²) in [6.45, 7) is 4.97. The van der Waals surface area contributed by atoms with Gasteiger partial charge in [-0.1, -0.05) is 35.9 Å². The third-order valence-corrected chi connectivity index (χ3v) is 4.32. The fourth-order valence-electron chi connectivity index (χ4n) is 2.53. The Kier molecular flexibility index (Phi) is 9.89. The van der Waals surface area contributed by atoms with Gasteiger partial charge in [-0.15, -0.1) is 0 Å². The fourth-order valence-corrected chi connectivity index (χ4v) is 2.70. The molecule has 2 amide bonds. The quantitative estimate of drug-likeness (QED) is 0.510. The molecule has 8 heteroatoms. The van der Waals surface area contributed by atoms with Crippen molar-refractivity contribution < 1.29 is 24.1 Å². The summed E-state index contributed by atoms with van der Waals surface area (Å²) >= 11 is 6.15. The summed E-state index contributed by atoms with van der Waals surface area (Å²) in [5, 5.41) is 13.4. The van der Waals surface area contributed by atoms with Crippen LogP contribution in [0.3, 0.4) is 0 Å². The minimum absolute atomic E-state index is 0.115. The molecular weight excluding hydrogens is 408 g/mol. The van der Waals surface area contributed by atoms with Crippen LogP contribution in [0.25, 0.3) is 0 Å². The van der Waals surface area contributed by atoms with E-state index in [1.54, 1.807) is 43.4 Å². The van der Waals surface area contributed by atoms with Crippen molar-refractivity contribution >= 4 is 23.3 Å². The molecule has 0 radical (unpaired) electrons. The smallest absolute Gasteiger partial charge is 0.321 e. The first-order chi connectivity index (χ1) is 14.4. The summed E-state index contributed by atoms with van der Waals surface area (Å²) < 4.78 is 16.6. The maximum atomic E-state index is 12.5. The van der Waals surface area contributed by atoms with Gasteiger partial charge >= 0.3 is 6.03 Å². The van der Waals surface area contributed by atoms with Crippen molar-refractivity contribution in [2.45, 2.75) is 26.1 Å². The van der Waals surface area contributed by atoms with Crippen LogP contribution in [0.5, 0.6) is 11.5 Å². The maximum Gasteiger partial charge on any atom is 0.321 e. The summed E-state index contributed by atoms with van der Waals surface area (Å²) in [4.78, 5) is 13.9. The van der Waals surface area contributed by atoms with Gasteiger partial charge in [0, 0.05) is 7.05 Å². The summed E-state index contributed by atoms with van der Waals surface area (Å²) in [6, 6.07) is 13.8. The van der Waals surface area contributed by atoms with Gasteiger partial charge in [0.15, 0.2) is 5.75 Å². The van der Waals surface area contributed by atoms with Crippen molar-refractivity contribution in [1.29, 1.82) is 0 Å². The first kappa shape index (κ1) is 24.0. The molecule has 0 fully saturated rings. The lowest BCUT2D eigenvalue weighted by atomic mass is 10.3. The van der Waals surface area contributed by atoms with Gasteiger partial charge in [0.1, 0.15) is 5.75 Å². The van der Waals surface area contributed by atoms with E-state index in [4.69, 9.17) is 25.8 Å². The number of likely N-dealkylation sites (N-methyl/N-ethyl adjacent to an activating group) is 1. The van der Waals surface area contributed by atoms with E-state index in [-0.39, 0.29) is 25.3 Å². The number of carbonyl (C=O) groups is 1. The van der Waals surface area contributed by atoms with Crippen molar-refractivity contribution in [3.8, 4) is 11.5 Å². The Morgan fingerprint density at radius 2 is 1.77 bits per heavy atom. The number of rotatable bonds is 11.